The first-order chi connectivity index (χ1) is 6.02. The average Bonchev–Trinajstić information content (AvgIpc) is 2.48. The van der Waals surface area contributed by atoms with Gasteiger partial charge in [-0.2, -0.15) is 3.89 Å². The lowest BCUT2D eigenvalue weighted by Crippen LogP contribution is -2.51. The number of nitrogens with zero attached hydrogens (tertiary/aromatic N) is 1. The van der Waals surface area contributed by atoms with Gasteiger partial charge in [0.25, 0.3) is 0 Å². The minimum Gasteiger partial charge on any atom is -0.379 e. The molecule has 78 valence electrons. The first-order valence-electron chi connectivity index (χ1n) is 4.34. The van der Waals surface area contributed by atoms with Crippen LogP contribution >= 0.6 is 0 Å². The molecule has 0 atom stereocenters. The Morgan fingerprint density at radius 2 is 1.92 bits per heavy atom. The Morgan fingerprint density at radius 1 is 1.38 bits per heavy atom. The number of rotatable bonds is 4. The zero-order valence-corrected chi connectivity index (χ0v) is 8.59. The topological polar surface area (TPSA) is 63.6 Å². The summed E-state index contributed by atoms with van der Waals surface area (Å²) in [6.07, 6.45) is 1.70. The van der Waals surface area contributed by atoms with Gasteiger partial charge in [0.2, 0.25) is 0 Å². The second kappa shape index (κ2) is 3.91. The van der Waals surface area contributed by atoms with Crippen molar-refractivity contribution in [1.29, 1.82) is 0 Å². The summed E-state index contributed by atoms with van der Waals surface area (Å²) in [6.45, 7) is 1.71. The Bertz CT molecular complexity index is 256. The van der Waals surface area contributed by atoms with Gasteiger partial charge in [-0.1, -0.05) is 0 Å². The molecule has 13 heavy (non-hydrogen) atoms. The predicted molar refractivity (Wildman–Crippen MR) is 47.5 cm³/mol. The minimum absolute atomic E-state index is 0.221. The van der Waals surface area contributed by atoms with Crippen LogP contribution in [0, 0.1) is 0 Å². The van der Waals surface area contributed by atoms with E-state index in [0.717, 1.165) is 12.8 Å². The van der Waals surface area contributed by atoms with E-state index < -0.39 is 10.3 Å². The largest absolute Gasteiger partial charge is 0.433 e. The second-order valence-corrected chi connectivity index (χ2v) is 5.05. The lowest BCUT2D eigenvalue weighted by molar-refractivity contribution is -0.798. The molecule has 0 aromatic rings. The number of methoxy groups -OCH3 is 1. The molecular formula is C7H16NO4S+. The van der Waals surface area contributed by atoms with Gasteiger partial charge in [-0.25, -0.2) is 4.55 Å². The van der Waals surface area contributed by atoms with Crippen LogP contribution in [0.2, 0.25) is 0 Å². The fraction of sp³-hybridized carbons (Fsp3) is 1.00. The fourth-order valence-corrected chi connectivity index (χ4v) is 2.76. The van der Waals surface area contributed by atoms with E-state index in [4.69, 9.17) is 9.29 Å². The number of ether oxygens (including phenoxy) is 1. The Kier molecular flexibility index (Phi) is 3.28. The van der Waals surface area contributed by atoms with Gasteiger partial charge in [-0.05, 0) is 0 Å². The van der Waals surface area contributed by atoms with Gasteiger partial charge in [0.1, 0.15) is 6.54 Å². The molecule has 0 radical (unpaired) electrons. The zero-order chi connectivity index (χ0) is 9.95. The summed E-state index contributed by atoms with van der Waals surface area (Å²) < 4.78 is 36.0. The lowest BCUT2D eigenvalue weighted by Gasteiger charge is -2.28. The van der Waals surface area contributed by atoms with Crippen LogP contribution < -0.4 is 0 Å². The molecule has 1 rings (SSSR count). The summed E-state index contributed by atoms with van der Waals surface area (Å²) in [4.78, 5) is 0. The first kappa shape index (κ1) is 10.9. The van der Waals surface area contributed by atoms with Gasteiger partial charge in [-0.15, -0.1) is 8.42 Å². The van der Waals surface area contributed by atoms with Crippen LogP contribution in [-0.4, -0.2) is 50.2 Å². The van der Waals surface area contributed by atoms with Crippen LogP contribution in [0.25, 0.3) is 0 Å². The van der Waals surface area contributed by atoms with Gasteiger partial charge >= 0.3 is 10.3 Å². The van der Waals surface area contributed by atoms with Crippen molar-refractivity contribution in [3.63, 3.8) is 0 Å². The third-order valence-corrected chi connectivity index (χ3v) is 4.10. The molecule has 1 fully saturated rings. The molecule has 0 spiro atoms. The summed E-state index contributed by atoms with van der Waals surface area (Å²) in [5.74, 6) is 0. The molecule has 0 aliphatic carbocycles. The maximum Gasteiger partial charge on any atom is 0.433 e. The van der Waals surface area contributed by atoms with Gasteiger partial charge in [-0.3, -0.25) is 0 Å². The van der Waals surface area contributed by atoms with Crippen LogP contribution in [-0.2, 0) is 15.0 Å². The summed E-state index contributed by atoms with van der Waals surface area (Å²) in [6, 6.07) is 0. The van der Waals surface area contributed by atoms with Crippen LogP contribution in [0.1, 0.15) is 12.8 Å². The molecule has 1 aliphatic rings. The van der Waals surface area contributed by atoms with Crippen LogP contribution in [0.3, 0.4) is 0 Å². The summed E-state index contributed by atoms with van der Waals surface area (Å²) in [7, 11) is -2.45. The zero-order valence-electron chi connectivity index (χ0n) is 7.77. The monoisotopic (exact) mass is 210 g/mol. The van der Waals surface area contributed by atoms with Crippen molar-refractivity contribution in [1.82, 2.24) is 0 Å². The third kappa shape index (κ3) is 2.19. The molecule has 1 aliphatic heterocycles. The van der Waals surface area contributed by atoms with Crippen molar-refractivity contribution in [3.8, 4) is 0 Å². The molecule has 0 saturated carbocycles. The van der Waals surface area contributed by atoms with Crippen molar-refractivity contribution >= 4 is 10.3 Å². The highest BCUT2D eigenvalue weighted by atomic mass is 32.2. The lowest BCUT2D eigenvalue weighted by atomic mass is 10.4. The molecular weight excluding hydrogens is 194 g/mol. The molecule has 1 saturated heterocycles. The van der Waals surface area contributed by atoms with E-state index in [2.05, 4.69) is 0 Å². The van der Waals surface area contributed by atoms with Crippen molar-refractivity contribution < 1.29 is 21.6 Å². The first-order valence-corrected chi connectivity index (χ1v) is 5.74. The minimum atomic E-state index is -3.98. The van der Waals surface area contributed by atoms with E-state index in [1.807, 2.05) is 0 Å². The molecule has 6 heteroatoms. The molecule has 0 aromatic heterocycles. The second-order valence-electron chi connectivity index (χ2n) is 3.38. The van der Waals surface area contributed by atoms with Crippen molar-refractivity contribution in [2.75, 3.05) is 33.4 Å². The predicted octanol–water partition coefficient (Wildman–Crippen LogP) is 0.0462. The Morgan fingerprint density at radius 3 is 2.31 bits per heavy atom. The smallest absolute Gasteiger partial charge is 0.379 e. The summed E-state index contributed by atoms with van der Waals surface area (Å²) >= 11 is 0. The molecule has 0 unspecified atom stereocenters. The maximum atomic E-state index is 11.1. The standard InChI is InChI=1S/C7H15NO4S/c1-12-7-6-8(13(9,10)11)4-2-3-5-8/h2-7H2,1H3/p+1. The number of hydrogen-bond donors (Lipinski definition) is 1. The quantitative estimate of drug-likeness (QED) is 0.526. The average molecular weight is 210 g/mol. The van der Waals surface area contributed by atoms with E-state index in [-0.39, 0.29) is 3.89 Å². The van der Waals surface area contributed by atoms with E-state index in [9.17, 15) is 8.42 Å². The summed E-state index contributed by atoms with van der Waals surface area (Å²) in [5.41, 5.74) is 0. The van der Waals surface area contributed by atoms with Crippen LogP contribution in [0.5, 0.6) is 0 Å². The highest BCUT2D eigenvalue weighted by Crippen LogP contribution is 2.23. The highest BCUT2D eigenvalue weighted by molar-refractivity contribution is 7.80. The van der Waals surface area contributed by atoms with Crippen molar-refractivity contribution in [3.05, 3.63) is 0 Å². The van der Waals surface area contributed by atoms with Crippen LogP contribution in [0.4, 0.5) is 0 Å². The van der Waals surface area contributed by atoms with E-state index >= 15 is 0 Å². The van der Waals surface area contributed by atoms with E-state index in [1.165, 1.54) is 7.11 Å². The van der Waals surface area contributed by atoms with Crippen molar-refractivity contribution in [2.24, 2.45) is 0 Å². The highest BCUT2D eigenvalue weighted by Gasteiger charge is 2.43. The molecule has 0 bridgehead atoms. The third-order valence-electron chi connectivity index (χ3n) is 2.57. The SMILES string of the molecule is COCC[N+]1(S(=O)(=O)O)CCCC1. The van der Waals surface area contributed by atoms with Gasteiger partial charge in [0, 0.05) is 20.0 Å². The molecule has 0 aromatic carbocycles. The van der Waals surface area contributed by atoms with E-state index in [0.29, 0.717) is 26.2 Å². The van der Waals surface area contributed by atoms with Gasteiger partial charge in [0.15, 0.2) is 0 Å². The maximum absolute atomic E-state index is 11.1. The number of hydrogen-bond acceptors (Lipinski definition) is 3. The summed E-state index contributed by atoms with van der Waals surface area (Å²) in [5, 5.41) is 0. The number of likely N-dealkylation sites (tertiary alicyclic amines) is 1. The number of quaternary nitrogens is 1. The molecule has 5 nitrogen and oxygen atoms in total. The van der Waals surface area contributed by atoms with E-state index in [1.54, 1.807) is 0 Å². The normalized spacial score (nSPS) is 22.0. The van der Waals surface area contributed by atoms with Crippen molar-refractivity contribution in [2.45, 2.75) is 12.8 Å². The molecule has 0 amide bonds. The molecule has 1 N–H and O–H groups in total. The molecule has 1 heterocycles. The Hall–Kier alpha value is -0.170. The van der Waals surface area contributed by atoms with Crippen LogP contribution in [0.15, 0.2) is 0 Å². The Balaban J connectivity index is 2.76. The van der Waals surface area contributed by atoms with Gasteiger partial charge in [0.05, 0.1) is 19.7 Å². The van der Waals surface area contributed by atoms with Gasteiger partial charge < -0.3 is 4.74 Å². The Labute approximate surface area is 78.8 Å². The fourth-order valence-electron chi connectivity index (χ4n) is 1.74.